The van der Waals surface area contributed by atoms with Crippen LogP contribution in [0.25, 0.3) is 16.6 Å². The Bertz CT molecular complexity index is 1000. The van der Waals surface area contributed by atoms with Gasteiger partial charge in [0.25, 0.3) is 0 Å². The van der Waals surface area contributed by atoms with Gasteiger partial charge in [-0.2, -0.15) is 5.10 Å². The molecule has 0 saturated heterocycles. The molecular weight excluding hydrogens is 315 g/mol. The molecule has 4 nitrogen and oxygen atoms in total. The van der Waals surface area contributed by atoms with Crippen molar-refractivity contribution in [2.75, 3.05) is 0 Å². The van der Waals surface area contributed by atoms with Gasteiger partial charge in [0, 0.05) is 23.4 Å². The molecule has 3 aromatic rings. The molecule has 25 heavy (non-hydrogen) atoms. The molecule has 5 heteroatoms. The Labute approximate surface area is 146 Å². The lowest BCUT2D eigenvalue weighted by Gasteiger charge is -2.16. The van der Waals surface area contributed by atoms with Gasteiger partial charge in [0.15, 0.2) is 0 Å². The van der Waals surface area contributed by atoms with Crippen molar-refractivity contribution < 1.29 is 4.39 Å². The summed E-state index contributed by atoms with van der Waals surface area (Å²) in [6.45, 7) is 8.22. The number of hydrogen-bond acceptors (Lipinski definition) is 3. The second-order valence-corrected chi connectivity index (χ2v) is 7.20. The first kappa shape index (κ1) is 15.9. The first-order valence-corrected chi connectivity index (χ1v) is 8.64. The average Bonchev–Trinajstić information content (AvgIpc) is 3.09. The standard InChI is InChI=1S/C20H21FN4/c1-11(2)7-16-12(3)23-20-17(16)8-14(9-18(20)21)15-5-6-25-19(15)10-22-13(4)24-25/h5-6,8-11,16H,7H2,1-4H3. The lowest BCUT2D eigenvalue weighted by molar-refractivity contribution is 0.565. The van der Waals surface area contributed by atoms with Crippen molar-refractivity contribution in [3.63, 3.8) is 0 Å². The highest BCUT2D eigenvalue weighted by atomic mass is 19.1. The normalized spacial score (nSPS) is 16.6. The Morgan fingerprint density at radius 2 is 2.04 bits per heavy atom. The highest BCUT2D eigenvalue weighted by molar-refractivity contribution is 5.97. The van der Waals surface area contributed by atoms with Crippen molar-refractivity contribution in [3.05, 3.63) is 47.8 Å². The topological polar surface area (TPSA) is 42.5 Å². The predicted molar refractivity (Wildman–Crippen MR) is 98.1 cm³/mol. The van der Waals surface area contributed by atoms with Gasteiger partial charge in [-0.3, -0.25) is 4.99 Å². The quantitative estimate of drug-likeness (QED) is 0.669. The maximum atomic E-state index is 14.7. The maximum Gasteiger partial charge on any atom is 0.149 e. The first-order valence-electron chi connectivity index (χ1n) is 8.64. The summed E-state index contributed by atoms with van der Waals surface area (Å²) >= 11 is 0. The fraction of sp³-hybridized carbons (Fsp3) is 0.350. The summed E-state index contributed by atoms with van der Waals surface area (Å²) in [5.74, 6) is 1.16. The Morgan fingerprint density at radius 3 is 2.80 bits per heavy atom. The van der Waals surface area contributed by atoms with Crippen LogP contribution in [-0.2, 0) is 0 Å². The van der Waals surface area contributed by atoms with Gasteiger partial charge in [0.1, 0.15) is 17.3 Å². The number of aliphatic imine (C=N–C) groups is 1. The Kier molecular flexibility index (Phi) is 3.67. The summed E-state index contributed by atoms with van der Waals surface area (Å²) in [5, 5.41) is 4.37. The second kappa shape index (κ2) is 5.76. The smallest absolute Gasteiger partial charge is 0.149 e. The molecule has 1 unspecified atom stereocenters. The zero-order valence-electron chi connectivity index (χ0n) is 14.9. The van der Waals surface area contributed by atoms with E-state index in [0.717, 1.165) is 34.3 Å². The van der Waals surface area contributed by atoms with Crippen molar-refractivity contribution in [1.82, 2.24) is 14.6 Å². The van der Waals surface area contributed by atoms with E-state index < -0.39 is 0 Å². The molecule has 0 N–H and O–H groups in total. The average molecular weight is 336 g/mol. The number of halogens is 1. The number of aryl methyl sites for hydroxylation is 1. The van der Waals surface area contributed by atoms with Crippen molar-refractivity contribution in [1.29, 1.82) is 0 Å². The van der Waals surface area contributed by atoms with E-state index in [4.69, 9.17) is 0 Å². The molecule has 1 aliphatic rings. The van der Waals surface area contributed by atoms with Gasteiger partial charge in [-0.05, 0) is 55.5 Å². The zero-order chi connectivity index (χ0) is 17.7. The zero-order valence-corrected chi connectivity index (χ0v) is 14.9. The van der Waals surface area contributed by atoms with E-state index in [1.807, 2.05) is 26.1 Å². The Morgan fingerprint density at radius 1 is 1.24 bits per heavy atom. The van der Waals surface area contributed by atoms with Gasteiger partial charge in [-0.25, -0.2) is 13.9 Å². The van der Waals surface area contributed by atoms with Crippen molar-refractivity contribution in [2.45, 2.75) is 40.0 Å². The van der Waals surface area contributed by atoms with Crippen molar-refractivity contribution in [3.8, 4) is 11.1 Å². The fourth-order valence-corrected chi connectivity index (χ4v) is 3.64. The van der Waals surface area contributed by atoms with Gasteiger partial charge >= 0.3 is 0 Å². The minimum absolute atomic E-state index is 0.192. The van der Waals surface area contributed by atoms with Gasteiger partial charge < -0.3 is 0 Å². The van der Waals surface area contributed by atoms with E-state index in [0.29, 0.717) is 17.4 Å². The Hall–Kier alpha value is -2.56. The Balaban J connectivity index is 1.85. The maximum absolute atomic E-state index is 14.7. The third kappa shape index (κ3) is 2.64. The molecule has 0 spiro atoms. The van der Waals surface area contributed by atoms with Crippen LogP contribution in [-0.4, -0.2) is 20.3 Å². The van der Waals surface area contributed by atoms with E-state index in [-0.39, 0.29) is 11.7 Å². The molecule has 0 amide bonds. The van der Waals surface area contributed by atoms with Gasteiger partial charge in [0.2, 0.25) is 0 Å². The number of hydrogen-bond donors (Lipinski definition) is 0. The van der Waals surface area contributed by atoms with Crippen molar-refractivity contribution >= 4 is 16.9 Å². The molecule has 4 rings (SSSR count). The molecule has 1 aliphatic heterocycles. The summed E-state index contributed by atoms with van der Waals surface area (Å²) < 4.78 is 16.5. The van der Waals surface area contributed by atoms with Crippen LogP contribution in [0.1, 0.15) is 44.5 Å². The van der Waals surface area contributed by atoms with Crippen LogP contribution in [0.15, 0.2) is 35.6 Å². The summed E-state index contributed by atoms with van der Waals surface area (Å²) in [4.78, 5) is 8.77. The van der Waals surface area contributed by atoms with E-state index >= 15 is 0 Å². The van der Waals surface area contributed by atoms with Crippen LogP contribution >= 0.6 is 0 Å². The third-order valence-corrected chi connectivity index (χ3v) is 4.81. The number of nitrogens with zero attached hydrogens (tertiary/aromatic N) is 4. The largest absolute Gasteiger partial charge is 0.254 e. The van der Waals surface area contributed by atoms with Crippen LogP contribution in [0.3, 0.4) is 0 Å². The molecule has 0 saturated carbocycles. The number of fused-ring (bicyclic) bond motifs is 2. The summed E-state index contributed by atoms with van der Waals surface area (Å²) in [7, 11) is 0. The second-order valence-electron chi connectivity index (χ2n) is 7.20. The van der Waals surface area contributed by atoms with Gasteiger partial charge in [-0.15, -0.1) is 0 Å². The molecule has 128 valence electrons. The molecule has 3 heterocycles. The van der Waals surface area contributed by atoms with Crippen molar-refractivity contribution in [2.24, 2.45) is 10.9 Å². The minimum Gasteiger partial charge on any atom is -0.254 e. The van der Waals surface area contributed by atoms with Gasteiger partial charge in [-0.1, -0.05) is 13.8 Å². The highest BCUT2D eigenvalue weighted by Crippen LogP contribution is 2.43. The van der Waals surface area contributed by atoms with Crippen LogP contribution in [0.5, 0.6) is 0 Å². The van der Waals surface area contributed by atoms with E-state index in [9.17, 15) is 4.39 Å². The molecule has 0 fully saturated rings. The first-order chi connectivity index (χ1) is 11.9. The highest BCUT2D eigenvalue weighted by Gasteiger charge is 2.28. The number of rotatable bonds is 3. The molecule has 2 aromatic heterocycles. The summed E-state index contributed by atoms with van der Waals surface area (Å²) in [6.07, 6.45) is 4.65. The molecule has 0 radical (unpaired) electrons. The SMILES string of the molecule is CC1=Nc2c(F)cc(-c3ccn4nc(C)ncc34)cc2C1CC(C)C. The molecule has 0 bridgehead atoms. The summed E-state index contributed by atoms with van der Waals surface area (Å²) in [6, 6.07) is 5.62. The minimum atomic E-state index is -0.259. The van der Waals surface area contributed by atoms with Crippen LogP contribution < -0.4 is 0 Å². The molecular formula is C20H21FN4. The predicted octanol–water partition coefficient (Wildman–Crippen LogP) is 5.08. The molecule has 1 atom stereocenters. The van der Waals surface area contributed by atoms with E-state index in [1.165, 1.54) is 0 Å². The monoisotopic (exact) mass is 336 g/mol. The van der Waals surface area contributed by atoms with Gasteiger partial charge in [0.05, 0.1) is 11.7 Å². The lowest BCUT2D eigenvalue weighted by Crippen LogP contribution is -2.08. The van der Waals surface area contributed by atoms with E-state index in [2.05, 4.69) is 35.0 Å². The number of benzene rings is 1. The third-order valence-electron chi connectivity index (χ3n) is 4.81. The fourth-order valence-electron chi connectivity index (χ4n) is 3.64. The number of aromatic nitrogens is 3. The van der Waals surface area contributed by atoms with Crippen LogP contribution in [0.2, 0.25) is 0 Å². The van der Waals surface area contributed by atoms with E-state index in [1.54, 1.807) is 16.8 Å². The lowest BCUT2D eigenvalue weighted by atomic mass is 9.87. The molecule has 1 aromatic carbocycles. The summed E-state index contributed by atoms with van der Waals surface area (Å²) in [5.41, 5.74) is 5.16. The molecule has 0 aliphatic carbocycles. The van der Waals surface area contributed by atoms with Crippen LogP contribution in [0.4, 0.5) is 10.1 Å². The van der Waals surface area contributed by atoms with Crippen LogP contribution in [0, 0.1) is 18.7 Å².